The van der Waals surface area contributed by atoms with Crippen LogP contribution in [0.1, 0.15) is 0 Å². The second kappa shape index (κ2) is 7.49. The van der Waals surface area contributed by atoms with Crippen LogP contribution in [0.15, 0.2) is 114 Å². The van der Waals surface area contributed by atoms with Crippen molar-refractivity contribution >= 4 is 71.1 Å². The molecule has 0 spiro atoms. The number of hydrogen-bond acceptors (Lipinski definition) is 0. The highest BCUT2D eigenvalue weighted by molar-refractivity contribution is 9.10. The van der Waals surface area contributed by atoms with Gasteiger partial charge in [-0.2, -0.15) is 0 Å². The molecular weight excluding hydrogens is 504 g/mol. The van der Waals surface area contributed by atoms with Crippen LogP contribution in [0.2, 0.25) is 5.02 Å². The van der Waals surface area contributed by atoms with E-state index in [0.29, 0.717) is 5.02 Å². The third-order valence-corrected chi connectivity index (χ3v) is 7.94. The largest absolute Gasteiger partial charge is 0.309 e. The molecule has 5 aromatic carbocycles. The van der Waals surface area contributed by atoms with Crippen molar-refractivity contribution in [3.8, 4) is 11.4 Å². The first-order valence-electron chi connectivity index (χ1n) is 11.2. The molecule has 4 heteroatoms. The maximum Gasteiger partial charge on any atom is 0.0788 e. The molecule has 0 N–H and O–H groups in total. The third-order valence-electron chi connectivity index (χ3n) is 6.66. The molecule has 162 valence electrons. The maximum atomic E-state index is 6.82. The Kier molecular flexibility index (Phi) is 4.38. The van der Waals surface area contributed by atoms with Gasteiger partial charge in [0.05, 0.1) is 32.8 Å². The summed E-state index contributed by atoms with van der Waals surface area (Å²) >= 11 is 10.4. The second-order valence-electron chi connectivity index (χ2n) is 8.47. The van der Waals surface area contributed by atoms with Crippen LogP contribution in [0.3, 0.4) is 0 Å². The molecule has 2 nitrogen and oxygen atoms in total. The van der Waals surface area contributed by atoms with Crippen molar-refractivity contribution in [2.75, 3.05) is 0 Å². The minimum atomic E-state index is 0.703. The molecule has 0 aliphatic heterocycles. The Hall–Kier alpha value is -3.53. The summed E-state index contributed by atoms with van der Waals surface area (Å²) in [7, 11) is 0. The number of halogens is 2. The molecular formula is C30H18BrClN2. The lowest BCUT2D eigenvalue weighted by atomic mass is 10.1. The molecule has 2 heterocycles. The van der Waals surface area contributed by atoms with Crippen LogP contribution < -0.4 is 0 Å². The molecule has 0 saturated heterocycles. The molecule has 0 saturated carbocycles. The Labute approximate surface area is 209 Å². The Morgan fingerprint density at radius 1 is 0.529 bits per heavy atom. The molecule has 0 fully saturated rings. The Morgan fingerprint density at radius 2 is 1.21 bits per heavy atom. The van der Waals surface area contributed by atoms with Crippen LogP contribution in [0.5, 0.6) is 0 Å². The summed E-state index contributed by atoms with van der Waals surface area (Å²) < 4.78 is 5.56. The van der Waals surface area contributed by atoms with Crippen LogP contribution in [-0.4, -0.2) is 9.13 Å². The van der Waals surface area contributed by atoms with Crippen molar-refractivity contribution in [1.29, 1.82) is 0 Å². The number of rotatable bonds is 2. The van der Waals surface area contributed by atoms with Gasteiger partial charge in [0.2, 0.25) is 0 Å². The van der Waals surface area contributed by atoms with E-state index >= 15 is 0 Å². The molecule has 34 heavy (non-hydrogen) atoms. The predicted molar refractivity (Wildman–Crippen MR) is 148 cm³/mol. The van der Waals surface area contributed by atoms with Gasteiger partial charge >= 0.3 is 0 Å². The topological polar surface area (TPSA) is 9.86 Å². The summed E-state index contributed by atoms with van der Waals surface area (Å²) in [5.41, 5.74) is 6.80. The molecule has 0 unspecified atom stereocenters. The van der Waals surface area contributed by atoms with Crippen molar-refractivity contribution in [3.63, 3.8) is 0 Å². The number of hydrogen-bond donors (Lipinski definition) is 0. The standard InChI is InChI=1S/C30H18BrClN2/c31-23-13-8-16-27(29(23)32)34-25-15-7-5-12-22(25)28-26(34)18-17-21-20-11-4-6-14-24(20)33(30(21)28)19-9-2-1-3-10-19/h1-18H. The lowest BCUT2D eigenvalue weighted by Crippen LogP contribution is -1.96. The van der Waals surface area contributed by atoms with E-state index < -0.39 is 0 Å². The van der Waals surface area contributed by atoms with Crippen LogP contribution in [0.25, 0.3) is 55.0 Å². The summed E-state index contributed by atoms with van der Waals surface area (Å²) in [5, 5.41) is 5.63. The highest BCUT2D eigenvalue weighted by atomic mass is 79.9. The number of aromatic nitrogens is 2. The van der Waals surface area contributed by atoms with Crippen molar-refractivity contribution in [2.45, 2.75) is 0 Å². The molecule has 0 aliphatic carbocycles. The van der Waals surface area contributed by atoms with Crippen LogP contribution in [0, 0.1) is 0 Å². The van der Waals surface area contributed by atoms with Gasteiger partial charge < -0.3 is 9.13 Å². The molecule has 7 aromatic rings. The van der Waals surface area contributed by atoms with Crippen LogP contribution in [0.4, 0.5) is 0 Å². The smallest absolute Gasteiger partial charge is 0.0788 e. The van der Waals surface area contributed by atoms with E-state index in [1.807, 2.05) is 12.1 Å². The number of nitrogens with zero attached hydrogens (tertiary/aromatic N) is 2. The highest BCUT2D eigenvalue weighted by Crippen LogP contribution is 2.43. The highest BCUT2D eigenvalue weighted by Gasteiger charge is 2.21. The number of benzene rings is 5. The van der Waals surface area contributed by atoms with E-state index in [4.69, 9.17) is 11.6 Å². The zero-order valence-electron chi connectivity index (χ0n) is 18.0. The van der Waals surface area contributed by atoms with E-state index in [2.05, 4.69) is 122 Å². The summed E-state index contributed by atoms with van der Waals surface area (Å²) in [5.74, 6) is 0. The summed E-state index contributed by atoms with van der Waals surface area (Å²) in [6, 6.07) is 38.4. The van der Waals surface area contributed by atoms with E-state index in [1.165, 1.54) is 32.6 Å². The molecule has 0 bridgehead atoms. The van der Waals surface area contributed by atoms with Crippen molar-refractivity contribution in [2.24, 2.45) is 0 Å². The molecule has 0 atom stereocenters. The molecule has 0 aliphatic rings. The summed E-state index contributed by atoms with van der Waals surface area (Å²) in [6.45, 7) is 0. The lowest BCUT2D eigenvalue weighted by molar-refractivity contribution is 1.17. The Morgan fingerprint density at radius 3 is 2.00 bits per heavy atom. The number of fused-ring (bicyclic) bond motifs is 7. The normalized spacial score (nSPS) is 11.8. The Balaban J connectivity index is 1.76. The summed E-state index contributed by atoms with van der Waals surface area (Å²) in [6.07, 6.45) is 0. The van der Waals surface area contributed by atoms with Gasteiger partial charge in [-0.1, -0.05) is 78.3 Å². The van der Waals surface area contributed by atoms with Crippen molar-refractivity contribution < 1.29 is 0 Å². The van der Waals surface area contributed by atoms with Gasteiger partial charge in [-0.05, 0) is 58.4 Å². The molecule has 0 radical (unpaired) electrons. The second-order valence-corrected chi connectivity index (χ2v) is 9.70. The monoisotopic (exact) mass is 520 g/mol. The van der Waals surface area contributed by atoms with E-state index in [0.717, 1.165) is 26.9 Å². The van der Waals surface area contributed by atoms with Gasteiger partial charge in [-0.3, -0.25) is 0 Å². The number of para-hydroxylation sites is 3. The van der Waals surface area contributed by atoms with Gasteiger partial charge in [-0.25, -0.2) is 0 Å². The van der Waals surface area contributed by atoms with Crippen molar-refractivity contribution in [3.05, 3.63) is 119 Å². The Bertz CT molecular complexity index is 1880. The minimum Gasteiger partial charge on any atom is -0.309 e. The molecule has 0 amide bonds. The van der Waals surface area contributed by atoms with Gasteiger partial charge in [0.25, 0.3) is 0 Å². The third kappa shape index (κ3) is 2.68. The summed E-state index contributed by atoms with van der Waals surface area (Å²) in [4.78, 5) is 0. The van der Waals surface area contributed by atoms with Gasteiger partial charge in [0, 0.05) is 31.7 Å². The predicted octanol–water partition coefficient (Wildman–Crippen LogP) is 9.30. The van der Waals surface area contributed by atoms with Crippen LogP contribution in [-0.2, 0) is 0 Å². The van der Waals surface area contributed by atoms with Crippen molar-refractivity contribution in [1.82, 2.24) is 9.13 Å². The fourth-order valence-electron chi connectivity index (χ4n) is 5.28. The van der Waals surface area contributed by atoms with E-state index in [1.54, 1.807) is 0 Å². The maximum absolute atomic E-state index is 6.82. The fourth-order valence-corrected chi connectivity index (χ4v) is 5.84. The van der Waals surface area contributed by atoms with E-state index in [9.17, 15) is 0 Å². The average molecular weight is 522 g/mol. The first-order valence-corrected chi connectivity index (χ1v) is 12.4. The fraction of sp³-hybridized carbons (Fsp3) is 0. The zero-order valence-corrected chi connectivity index (χ0v) is 20.4. The zero-order chi connectivity index (χ0) is 22.8. The van der Waals surface area contributed by atoms with Gasteiger partial charge in [-0.15, -0.1) is 0 Å². The minimum absolute atomic E-state index is 0.703. The van der Waals surface area contributed by atoms with Gasteiger partial charge in [0.1, 0.15) is 0 Å². The quantitative estimate of drug-likeness (QED) is 0.214. The van der Waals surface area contributed by atoms with E-state index in [-0.39, 0.29) is 0 Å². The lowest BCUT2D eigenvalue weighted by Gasteiger charge is -2.11. The van der Waals surface area contributed by atoms with Crippen LogP contribution >= 0.6 is 27.5 Å². The first kappa shape index (κ1) is 19.9. The van der Waals surface area contributed by atoms with Gasteiger partial charge in [0.15, 0.2) is 0 Å². The first-order chi connectivity index (χ1) is 16.7. The molecule has 7 rings (SSSR count). The molecule has 2 aromatic heterocycles. The average Bonchev–Trinajstić information content (AvgIpc) is 3.39. The SMILES string of the molecule is Clc1c(Br)cccc1-n1c2ccccc2c2c1ccc1c3ccccc3n(-c3ccccc3)c12.